The van der Waals surface area contributed by atoms with E-state index in [9.17, 15) is 28.7 Å². The number of nitrogens with two attached hydrogens (primary N) is 1. The lowest BCUT2D eigenvalue weighted by molar-refractivity contribution is -0.145. The number of carbonyl (C=O) groups is 4. The fraction of sp³-hybridized carbons (Fsp3) is 0.532. The van der Waals surface area contributed by atoms with Crippen LogP contribution in [0.5, 0.6) is 0 Å². The number of pyridine rings is 1. The Hall–Kier alpha value is -4.95. The molecule has 0 spiro atoms. The summed E-state index contributed by atoms with van der Waals surface area (Å²) in [4.78, 5) is 80.4. The fourth-order valence-corrected chi connectivity index (χ4v) is 10.5. The molecule has 1 aromatic carbocycles. The number of thiazole rings is 1. The first-order valence-electron chi connectivity index (χ1n) is 22.8. The lowest BCUT2D eigenvalue weighted by Gasteiger charge is -2.40. The topological polar surface area (TPSA) is 212 Å². The third kappa shape index (κ3) is 11.0. The van der Waals surface area contributed by atoms with Gasteiger partial charge in [0.2, 0.25) is 17.7 Å². The molecule has 0 bridgehead atoms. The number of aryl methyl sites for hydroxylation is 1. The molecule has 3 aromatic heterocycles. The van der Waals surface area contributed by atoms with E-state index in [4.69, 9.17) is 17.3 Å². The molecule has 6 heterocycles. The minimum absolute atomic E-state index is 0.0521. The number of amides is 4. The number of hydrogen-bond donors (Lipinski definition) is 5. The SMILES string of the molecule is Cc1ncsc1-c1ccc([C@H](CC(=O)N2CC(Nc3nccc(Sc4cnc(N5CCC(C)(CN)CC5)cn4)c3Cl)C2)NC(=O)[C@@H]2C[C@@H](O)CN2C(=O)[C@@H](NC(=O)C2(F)CC2)C(C)(C)C)cc1. The van der Waals surface area contributed by atoms with Crippen molar-refractivity contribution in [3.05, 3.63) is 70.7 Å². The number of carbonyl (C=O) groups excluding carboxylic acids is 4. The second-order valence-electron chi connectivity index (χ2n) is 19.7. The van der Waals surface area contributed by atoms with E-state index in [1.54, 1.807) is 49.8 Å². The van der Waals surface area contributed by atoms with Gasteiger partial charge in [0.25, 0.3) is 5.91 Å². The minimum atomic E-state index is -2.01. The number of nitrogens with zero attached hydrogens (tertiary/aromatic N) is 7. The predicted molar refractivity (Wildman–Crippen MR) is 256 cm³/mol. The molecule has 1 aliphatic carbocycles. The fourth-order valence-electron chi connectivity index (χ4n) is 8.68. The highest BCUT2D eigenvalue weighted by atomic mass is 35.5. The van der Waals surface area contributed by atoms with Gasteiger partial charge in [0.1, 0.15) is 28.7 Å². The van der Waals surface area contributed by atoms with Crippen molar-refractivity contribution in [2.24, 2.45) is 16.6 Å². The molecule has 4 amide bonds. The van der Waals surface area contributed by atoms with Crippen LogP contribution in [-0.4, -0.2) is 128 Å². The molecule has 3 saturated heterocycles. The molecule has 0 radical (unpaired) electrons. The molecular formula is C47H59ClFN11O5S2. The van der Waals surface area contributed by atoms with Gasteiger partial charge in [0.15, 0.2) is 5.67 Å². The predicted octanol–water partition coefficient (Wildman–Crippen LogP) is 5.54. The minimum Gasteiger partial charge on any atom is -0.391 e. The number of anilines is 2. The number of β-amino-alcohol motifs (C(OH)–C–C–N with tert-alkyl or cyclic N) is 1. The Bertz CT molecular complexity index is 2460. The number of aliphatic hydroxyl groups excluding tert-OH is 1. The summed E-state index contributed by atoms with van der Waals surface area (Å²) in [5, 5.41) is 20.9. The third-order valence-electron chi connectivity index (χ3n) is 13.4. The average molecular weight is 977 g/mol. The van der Waals surface area contributed by atoms with Gasteiger partial charge in [-0.25, -0.2) is 24.3 Å². The van der Waals surface area contributed by atoms with Gasteiger partial charge in [-0.05, 0) is 67.2 Å². The quantitative estimate of drug-likeness (QED) is 0.0993. The van der Waals surface area contributed by atoms with E-state index in [0.717, 1.165) is 52.8 Å². The van der Waals surface area contributed by atoms with Gasteiger partial charge in [-0.1, -0.05) is 75.3 Å². The number of rotatable bonds is 15. The van der Waals surface area contributed by atoms with Gasteiger partial charge in [-0.3, -0.25) is 19.2 Å². The van der Waals surface area contributed by atoms with Crippen LogP contribution in [-0.2, 0) is 19.2 Å². The highest BCUT2D eigenvalue weighted by molar-refractivity contribution is 7.99. The van der Waals surface area contributed by atoms with Crippen LogP contribution in [0.2, 0.25) is 5.02 Å². The summed E-state index contributed by atoms with van der Waals surface area (Å²) in [5.74, 6) is -0.906. The second-order valence-corrected chi connectivity index (χ2v) is 22.0. The van der Waals surface area contributed by atoms with Crippen LogP contribution in [0.25, 0.3) is 10.4 Å². The Morgan fingerprint density at radius 2 is 1.72 bits per heavy atom. The molecule has 20 heteroatoms. The van der Waals surface area contributed by atoms with Crippen molar-refractivity contribution < 1.29 is 28.7 Å². The normalized spacial score (nSPS) is 21.0. The lowest BCUT2D eigenvalue weighted by atomic mass is 9.80. The molecule has 1 saturated carbocycles. The van der Waals surface area contributed by atoms with Crippen molar-refractivity contribution in [2.45, 2.75) is 119 Å². The number of piperidine rings is 1. The van der Waals surface area contributed by atoms with Gasteiger partial charge in [0.05, 0.1) is 58.1 Å². The number of likely N-dealkylation sites (tertiary alicyclic amines) is 2. The lowest BCUT2D eigenvalue weighted by Crippen LogP contribution is -2.59. The van der Waals surface area contributed by atoms with E-state index in [0.29, 0.717) is 41.1 Å². The Morgan fingerprint density at radius 3 is 2.33 bits per heavy atom. The van der Waals surface area contributed by atoms with Crippen LogP contribution in [0.1, 0.15) is 83.5 Å². The van der Waals surface area contributed by atoms with Crippen molar-refractivity contribution in [1.82, 2.24) is 40.4 Å². The smallest absolute Gasteiger partial charge is 0.258 e. The number of hydrogen-bond acceptors (Lipinski definition) is 14. The standard InChI is InChI=1S/C47H59ClFN11O5S2/c1-27-39(66-26-54-27)29-8-6-28(7-9-29)32(56-42(63)33-18-31(61)24-60(33)43(64)40(45(2,3)4)57-44(65)47(49)11-12-47)19-37(62)59-22-30(23-59)55-41-38(48)34(10-15-51-41)67-36-21-52-35(20-53-36)58-16-13-46(5,25-50)14-17-58/h6-10,15,20-21,26,30-33,40,61H,11-14,16-19,22-25,50H2,1-5H3,(H,51,55)(H,56,63)(H,57,65)/t31-,32+,33+,40-/m1/s1. The number of halogens is 2. The van der Waals surface area contributed by atoms with Crippen LogP contribution in [0.3, 0.4) is 0 Å². The van der Waals surface area contributed by atoms with E-state index in [1.165, 1.54) is 28.0 Å². The summed E-state index contributed by atoms with van der Waals surface area (Å²) in [6.45, 7) is 12.4. The molecule has 358 valence electrons. The number of aromatic nitrogens is 4. The summed E-state index contributed by atoms with van der Waals surface area (Å²) in [7, 11) is 0. The second kappa shape index (κ2) is 19.6. The van der Waals surface area contributed by atoms with E-state index in [2.05, 4.69) is 47.7 Å². The summed E-state index contributed by atoms with van der Waals surface area (Å²) in [5.41, 5.74) is 7.58. The molecule has 8 rings (SSSR count). The highest BCUT2D eigenvalue weighted by Gasteiger charge is 2.53. The van der Waals surface area contributed by atoms with Crippen LogP contribution < -0.4 is 26.6 Å². The van der Waals surface area contributed by atoms with Crippen molar-refractivity contribution >= 4 is 70.0 Å². The van der Waals surface area contributed by atoms with E-state index >= 15 is 0 Å². The number of nitrogens with one attached hydrogen (secondary N) is 3. The maximum atomic E-state index is 14.8. The first kappa shape index (κ1) is 48.5. The van der Waals surface area contributed by atoms with Crippen LogP contribution in [0, 0.1) is 17.8 Å². The third-order valence-corrected chi connectivity index (χ3v) is 15.9. The molecule has 16 nitrogen and oxygen atoms in total. The molecule has 4 aliphatic rings. The van der Waals surface area contributed by atoms with Crippen LogP contribution >= 0.6 is 34.7 Å². The van der Waals surface area contributed by atoms with Crippen molar-refractivity contribution in [2.75, 3.05) is 49.5 Å². The Balaban J connectivity index is 0.917. The monoisotopic (exact) mass is 975 g/mol. The summed E-state index contributed by atoms with van der Waals surface area (Å²) in [6, 6.07) is 6.18. The van der Waals surface area contributed by atoms with Gasteiger partial charge in [-0.15, -0.1) is 11.3 Å². The molecule has 4 fully saturated rings. The Kier molecular flexibility index (Phi) is 14.2. The van der Waals surface area contributed by atoms with Crippen LogP contribution in [0.4, 0.5) is 16.0 Å². The summed E-state index contributed by atoms with van der Waals surface area (Å²) < 4.78 is 14.8. The molecule has 67 heavy (non-hydrogen) atoms. The number of benzene rings is 1. The zero-order chi connectivity index (χ0) is 47.8. The molecule has 3 aliphatic heterocycles. The molecular weight excluding hydrogens is 917 g/mol. The molecule has 6 N–H and O–H groups in total. The number of alkyl halides is 1. The van der Waals surface area contributed by atoms with E-state index in [-0.39, 0.29) is 49.6 Å². The Labute approximate surface area is 403 Å². The zero-order valence-electron chi connectivity index (χ0n) is 38.4. The molecule has 4 atom stereocenters. The highest BCUT2D eigenvalue weighted by Crippen LogP contribution is 2.41. The van der Waals surface area contributed by atoms with Crippen molar-refractivity contribution in [3.8, 4) is 10.4 Å². The summed E-state index contributed by atoms with van der Waals surface area (Å²) in [6.07, 6.45) is 6.22. The van der Waals surface area contributed by atoms with Gasteiger partial charge >= 0.3 is 0 Å². The van der Waals surface area contributed by atoms with Gasteiger partial charge in [0, 0.05) is 50.2 Å². The Morgan fingerprint density at radius 1 is 1.00 bits per heavy atom. The first-order chi connectivity index (χ1) is 31.8. The maximum Gasteiger partial charge on any atom is 0.258 e. The largest absolute Gasteiger partial charge is 0.391 e. The number of aliphatic hydroxyl groups is 1. The van der Waals surface area contributed by atoms with Crippen LogP contribution in [0.15, 0.2) is 64.4 Å². The average Bonchev–Trinajstić information content (AvgIpc) is 3.69. The molecule has 4 aromatic rings. The molecule has 0 unspecified atom stereocenters. The van der Waals surface area contributed by atoms with Crippen molar-refractivity contribution in [3.63, 3.8) is 0 Å². The van der Waals surface area contributed by atoms with E-state index in [1.807, 2.05) is 37.3 Å². The van der Waals surface area contributed by atoms with Crippen molar-refractivity contribution in [1.29, 1.82) is 0 Å². The van der Waals surface area contributed by atoms with Gasteiger partial charge < -0.3 is 41.5 Å². The summed E-state index contributed by atoms with van der Waals surface area (Å²) >= 11 is 9.78. The first-order valence-corrected chi connectivity index (χ1v) is 24.8. The van der Waals surface area contributed by atoms with Gasteiger partial charge in [-0.2, -0.15) is 0 Å². The zero-order valence-corrected chi connectivity index (χ0v) is 40.8. The van der Waals surface area contributed by atoms with E-state index < -0.39 is 53.0 Å². The maximum absolute atomic E-state index is 14.8.